The Morgan fingerprint density at radius 3 is 2.96 bits per heavy atom. The van der Waals surface area contributed by atoms with Gasteiger partial charge in [0.25, 0.3) is 0 Å². The minimum Gasteiger partial charge on any atom is -0.469 e. The van der Waals surface area contributed by atoms with Crippen molar-refractivity contribution in [1.29, 1.82) is 0 Å². The summed E-state index contributed by atoms with van der Waals surface area (Å²) in [6.45, 7) is 0.799. The highest BCUT2D eigenvalue weighted by molar-refractivity contribution is 7.10. The van der Waals surface area contributed by atoms with Gasteiger partial charge in [-0.2, -0.15) is 0 Å². The van der Waals surface area contributed by atoms with Gasteiger partial charge in [0.1, 0.15) is 5.76 Å². The fourth-order valence-electron chi connectivity index (χ4n) is 3.17. The molecule has 1 aliphatic rings. The first-order valence-electron chi connectivity index (χ1n) is 7.74. The molecule has 0 aliphatic carbocycles. The molecule has 5 heteroatoms. The van der Waals surface area contributed by atoms with Crippen molar-refractivity contribution in [3.05, 3.63) is 68.4 Å². The average Bonchev–Trinajstić information content (AvgIpc) is 3.33. The number of furan rings is 1. The number of hydrogen-bond acceptors (Lipinski definition) is 4. The van der Waals surface area contributed by atoms with Crippen molar-refractivity contribution < 1.29 is 9.21 Å². The number of hydrogen-bond donors (Lipinski definition) is 0. The molecule has 3 aromatic heterocycles. The minimum absolute atomic E-state index is 0.0779. The van der Waals surface area contributed by atoms with E-state index in [2.05, 4.69) is 29.0 Å². The molecular weight excluding hydrogens is 326 g/mol. The van der Waals surface area contributed by atoms with Crippen molar-refractivity contribution in [2.24, 2.45) is 0 Å². The highest BCUT2D eigenvalue weighted by Crippen LogP contribution is 2.39. The van der Waals surface area contributed by atoms with Crippen LogP contribution in [-0.2, 0) is 17.6 Å². The summed E-state index contributed by atoms with van der Waals surface area (Å²) in [5.41, 5.74) is 1.30. The summed E-state index contributed by atoms with van der Waals surface area (Å²) in [7, 11) is 0. The maximum absolute atomic E-state index is 12.8. The molecule has 4 heterocycles. The van der Waals surface area contributed by atoms with E-state index in [1.54, 1.807) is 28.9 Å². The molecule has 0 bridgehead atoms. The van der Waals surface area contributed by atoms with Crippen LogP contribution in [0.2, 0.25) is 0 Å². The van der Waals surface area contributed by atoms with Crippen LogP contribution in [0.5, 0.6) is 0 Å². The molecule has 0 radical (unpaired) electrons. The number of thiophene rings is 2. The average molecular weight is 343 g/mol. The fraction of sp³-hybridized carbons (Fsp3) is 0.278. The third kappa shape index (κ3) is 2.86. The Labute approximate surface area is 143 Å². The summed E-state index contributed by atoms with van der Waals surface area (Å²) < 4.78 is 5.35. The van der Waals surface area contributed by atoms with E-state index in [0.717, 1.165) is 18.7 Å². The smallest absolute Gasteiger partial charge is 0.223 e. The van der Waals surface area contributed by atoms with Crippen molar-refractivity contribution in [3.63, 3.8) is 0 Å². The molecule has 1 atom stereocenters. The van der Waals surface area contributed by atoms with Gasteiger partial charge in [0.05, 0.1) is 12.3 Å². The number of nitrogens with zero attached hydrogens (tertiary/aromatic N) is 1. The van der Waals surface area contributed by atoms with Gasteiger partial charge in [0.15, 0.2) is 0 Å². The molecule has 118 valence electrons. The second kappa shape index (κ2) is 6.34. The molecule has 4 rings (SSSR count). The van der Waals surface area contributed by atoms with Gasteiger partial charge in [0, 0.05) is 29.1 Å². The lowest BCUT2D eigenvalue weighted by Gasteiger charge is -2.35. The molecule has 0 saturated carbocycles. The lowest BCUT2D eigenvalue weighted by Crippen LogP contribution is -2.39. The summed E-state index contributed by atoms with van der Waals surface area (Å²) in [5.74, 6) is 1.08. The zero-order chi connectivity index (χ0) is 15.6. The van der Waals surface area contributed by atoms with Crippen LogP contribution in [-0.4, -0.2) is 17.4 Å². The Morgan fingerprint density at radius 2 is 2.17 bits per heavy atom. The van der Waals surface area contributed by atoms with Gasteiger partial charge in [-0.25, -0.2) is 0 Å². The Morgan fingerprint density at radius 1 is 1.22 bits per heavy atom. The van der Waals surface area contributed by atoms with Crippen LogP contribution in [0.4, 0.5) is 0 Å². The Hall–Kier alpha value is -1.85. The fourth-order valence-corrected chi connectivity index (χ4v) is 4.93. The minimum atomic E-state index is 0.0779. The maximum Gasteiger partial charge on any atom is 0.223 e. The van der Waals surface area contributed by atoms with Crippen LogP contribution in [0.15, 0.2) is 51.8 Å². The molecule has 23 heavy (non-hydrogen) atoms. The number of rotatable bonds is 4. The van der Waals surface area contributed by atoms with E-state index < -0.39 is 0 Å². The summed E-state index contributed by atoms with van der Waals surface area (Å²) in [6.07, 6.45) is 3.78. The van der Waals surface area contributed by atoms with Crippen LogP contribution in [0.3, 0.4) is 0 Å². The van der Waals surface area contributed by atoms with E-state index in [1.807, 2.05) is 17.0 Å². The Kier molecular flexibility index (Phi) is 4.06. The van der Waals surface area contributed by atoms with Gasteiger partial charge < -0.3 is 9.32 Å². The lowest BCUT2D eigenvalue weighted by molar-refractivity contribution is -0.133. The topological polar surface area (TPSA) is 33.5 Å². The normalized spacial score (nSPS) is 17.2. The molecule has 3 nitrogen and oxygen atoms in total. The van der Waals surface area contributed by atoms with E-state index in [4.69, 9.17) is 4.42 Å². The molecule has 0 aromatic carbocycles. The van der Waals surface area contributed by atoms with Gasteiger partial charge in [-0.05, 0) is 47.0 Å². The highest BCUT2D eigenvalue weighted by Gasteiger charge is 2.33. The summed E-state index contributed by atoms with van der Waals surface area (Å²) in [4.78, 5) is 17.5. The van der Waals surface area contributed by atoms with Gasteiger partial charge in [0.2, 0.25) is 5.91 Å². The molecule has 0 N–H and O–H groups in total. The maximum atomic E-state index is 12.8. The number of aryl methyl sites for hydroxylation is 1. The van der Waals surface area contributed by atoms with E-state index in [0.29, 0.717) is 12.8 Å². The first-order valence-corrected chi connectivity index (χ1v) is 9.50. The quantitative estimate of drug-likeness (QED) is 0.698. The molecule has 1 aliphatic heterocycles. The largest absolute Gasteiger partial charge is 0.469 e. The van der Waals surface area contributed by atoms with E-state index in [9.17, 15) is 4.79 Å². The van der Waals surface area contributed by atoms with E-state index in [1.165, 1.54) is 15.3 Å². The van der Waals surface area contributed by atoms with Crippen LogP contribution >= 0.6 is 22.7 Å². The predicted molar refractivity (Wildman–Crippen MR) is 92.9 cm³/mol. The van der Waals surface area contributed by atoms with Gasteiger partial charge in [-0.3, -0.25) is 4.79 Å². The third-order valence-electron chi connectivity index (χ3n) is 4.26. The summed E-state index contributed by atoms with van der Waals surface area (Å²) in [6, 6.07) is 10.2. The van der Waals surface area contributed by atoms with Crippen LogP contribution in [0.1, 0.15) is 33.5 Å². The van der Waals surface area contributed by atoms with Gasteiger partial charge >= 0.3 is 0 Å². The zero-order valence-electron chi connectivity index (χ0n) is 12.6. The molecule has 0 unspecified atom stereocenters. The summed E-state index contributed by atoms with van der Waals surface area (Å²) >= 11 is 3.53. The molecule has 1 amide bonds. The number of amides is 1. The first-order chi connectivity index (χ1) is 11.3. The SMILES string of the molecule is O=C(CCc1ccco1)N1CCc2sccc2[C@H]1c1cccs1. The van der Waals surface area contributed by atoms with Crippen molar-refractivity contribution in [2.45, 2.75) is 25.3 Å². The second-order valence-electron chi connectivity index (χ2n) is 5.63. The molecule has 0 spiro atoms. The molecule has 0 fully saturated rings. The van der Waals surface area contributed by atoms with Crippen LogP contribution < -0.4 is 0 Å². The Bertz CT molecular complexity index is 774. The van der Waals surface area contributed by atoms with Crippen LogP contribution in [0.25, 0.3) is 0 Å². The van der Waals surface area contributed by atoms with E-state index >= 15 is 0 Å². The van der Waals surface area contributed by atoms with Crippen molar-refractivity contribution in [2.75, 3.05) is 6.54 Å². The Balaban J connectivity index is 1.58. The number of carbonyl (C=O) groups excluding carboxylic acids is 1. The molecular formula is C18H17NO2S2. The first kappa shape index (κ1) is 14.7. The third-order valence-corrected chi connectivity index (χ3v) is 6.19. The standard InChI is InChI=1S/C18H17NO2S2/c20-17(6-5-13-3-1-10-21-13)19-9-7-15-14(8-12-23-15)18(19)16-4-2-11-22-16/h1-4,8,10-12,18H,5-7,9H2/t18-/m0/s1. The van der Waals surface area contributed by atoms with Crippen molar-refractivity contribution in [1.82, 2.24) is 4.90 Å². The predicted octanol–water partition coefficient (Wildman–Crippen LogP) is 4.51. The summed E-state index contributed by atoms with van der Waals surface area (Å²) in [5, 5.41) is 4.23. The molecule has 3 aromatic rings. The molecule has 0 saturated heterocycles. The van der Waals surface area contributed by atoms with Gasteiger partial charge in [-0.15, -0.1) is 22.7 Å². The second-order valence-corrected chi connectivity index (χ2v) is 7.61. The van der Waals surface area contributed by atoms with Crippen molar-refractivity contribution >= 4 is 28.6 Å². The monoisotopic (exact) mass is 343 g/mol. The van der Waals surface area contributed by atoms with E-state index in [-0.39, 0.29) is 11.9 Å². The lowest BCUT2D eigenvalue weighted by atomic mass is 9.98. The van der Waals surface area contributed by atoms with Gasteiger partial charge in [-0.1, -0.05) is 6.07 Å². The highest BCUT2D eigenvalue weighted by atomic mass is 32.1. The number of carbonyl (C=O) groups is 1. The van der Waals surface area contributed by atoms with Crippen LogP contribution in [0, 0.1) is 0 Å². The number of fused-ring (bicyclic) bond motifs is 1. The van der Waals surface area contributed by atoms with Crippen molar-refractivity contribution in [3.8, 4) is 0 Å². The zero-order valence-corrected chi connectivity index (χ0v) is 14.2.